The third-order valence-corrected chi connectivity index (χ3v) is 5.58. The van der Waals surface area contributed by atoms with Crippen molar-refractivity contribution in [3.8, 4) is 0 Å². The molecule has 1 aliphatic rings. The summed E-state index contributed by atoms with van der Waals surface area (Å²) in [6.45, 7) is 5.27. The Balaban J connectivity index is 2.27. The standard InChI is InChI=1S/C14H21NOS/c1-3-13-14(12-7-5-4-6-8-12)15-9-11(2)10-17(13)16/h4-8,11,13-15H,3,9-10H2,1-2H3. The molecule has 0 spiro atoms. The van der Waals surface area contributed by atoms with Gasteiger partial charge in [-0.25, -0.2) is 0 Å². The van der Waals surface area contributed by atoms with Gasteiger partial charge in [0, 0.05) is 22.6 Å². The molecule has 4 unspecified atom stereocenters. The average molecular weight is 251 g/mol. The van der Waals surface area contributed by atoms with Gasteiger partial charge in [-0.1, -0.05) is 44.2 Å². The van der Waals surface area contributed by atoms with Crippen LogP contribution < -0.4 is 5.32 Å². The van der Waals surface area contributed by atoms with E-state index in [1.165, 1.54) is 5.56 Å². The highest BCUT2D eigenvalue weighted by molar-refractivity contribution is 7.85. The van der Waals surface area contributed by atoms with Crippen molar-refractivity contribution in [3.05, 3.63) is 35.9 Å². The van der Waals surface area contributed by atoms with Gasteiger partial charge in [0.2, 0.25) is 0 Å². The quantitative estimate of drug-likeness (QED) is 0.875. The van der Waals surface area contributed by atoms with Gasteiger partial charge in [0.05, 0.1) is 5.25 Å². The maximum absolute atomic E-state index is 12.3. The summed E-state index contributed by atoms with van der Waals surface area (Å²) in [6.07, 6.45) is 0.964. The van der Waals surface area contributed by atoms with Crippen LogP contribution in [-0.2, 0) is 10.8 Å². The van der Waals surface area contributed by atoms with E-state index < -0.39 is 10.8 Å². The molecule has 2 nitrogen and oxygen atoms in total. The van der Waals surface area contributed by atoms with Gasteiger partial charge in [-0.15, -0.1) is 0 Å². The number of rotatable bonds is 2. The van der Waals surface area contributed by atoms with Crippen molar-refractivity contribution in [1.29, 1.82) is 0 Å². The maximum atomic E-state index is 12.3. The Morgan fingerprint density at radius 1 is 1.35 bits per heavy atom. The first-order chi connectivity index (χ1) is 8.22. The summed E-state index contributed by atoms with van der Waals surface area (Å²) in [4.78, 5) is 0. The van der Waals surface area contributed by atoms with Gasteiger partial charge >= 0.3 is 0 Å². The van der Waals surface area contributed by atoms with Crippen LogP contribution in [0.15, 0.2) is 30.3 Å². The predicted octanol–water partition coefficient (Wildman–Crippen LogP) is 2.49. The molecule has 1 aromatic carbocycles. The van der Waals surface area contributed by atoms with Gasteiger partial charge < -0.3 is 5.32 Å². The van der Waals surface area contributed by atoms with Crippen LogP contribution in [0.5, 0.6) is 0 Å². The van der Waals surface area contributed by atoms with Crippen LogP contribution in [0, 0.1) is 5.92 Å². The van der Waals surface area contributed by atoms with Crippen molar-refractivity contribution in [2.24, 2.45) is 5.92 Å². The van der Waals surface area contributed by atoms with E-state index in [9.17, 15) is 4.21 Å². The summed E-state index contributed by atoms with van der Waals surface area (Å²) in [7, 11) is -0.719. The Labute approximate surface area is 106 Å². The number of benzene rings is 1. The van der Waals surface area contributed by atoms with E-state index in [4.69, 9.17) is 0 Å². The Morgan fingerprint density at radius 2 is 2.06 bits per heavy atom. The van der Waals surface area contributed by atoms with E-state index in [0.29, 0.717) is 5.92 Å². The fraction of sp³-hybridized carbons (Fsp3) is 0.571. The van der Waals surface area contributed by atoms with E-state index in [0.717, 1.165) is 18.7 Å². The summed E-state index contributed by atoms with van der Waals surface area (Å²) in [5.74, 6) is 1.33. The number of hydrogen-bond donors (Lipinski definition) is 1. The predicted molar refractivity (Wildman–Crippen MR) is 73.4 cm³/mol. The number of nitrogens with one attached hydrogen (secondary N) is 1. The molecule has 1 fully saturated rings. The van der Waals surface area contributed by atoms with E-state index in [1.807, 2.05) is 6.07 Å². The molecule has 3 heteroatoms. The zero-order chi connectivity index (χ0) is 12.3. The van der Waals surface area contributed by atoms with E-state index in [-0.39, 0.29) is 11.3 Å². The van der Waals surface area contributed by atoms with Gasteiger partial charge in [-0.2, -0.15) is 0 Å². The summed E-state index contributed by atoms with van der Waals surface area (Å²) in [5, 5.41) is 3.82. The van der Waals surface area contributed by atoms with Crippen molar-refractivity contribution in [2.75, 3.05) is 12.3 Å². The molecule has 0 bridgehead atoms. The lowest BCUT2D eigenvalue weighted by atomic mass is 10.0. The van der Waals surface area contributed by atoms with Crippen molar-refractivity contribution >= 4 is 10.8 Å². The minimum Gasteiger partial charge on any atom is -0.309 e. The normalized spacial score (nSPS) is 34.2. The first-order valence-electron chi connectivity index (χ1n) is 6.38. The first kappa shape index (κ1) is 12.8. The van der Waals surface area contributed by atoms with Crippen LogP contribution in [0.3, 0.4) is 0 Å². The third kappa shape index (κ3) is 2.96. The van der Waals surface area contributed by atoms with Crippen LogP contribution in [-0.4, -0.2) is 21.8 Å². The van der Waals surface area contributed by atoms with Crippen LogP contribution in [0.4, 0.5) is 0 Å². The van der Waals surface area contributed by atoms with Gasteiger partial charge in [0.25, 0.3) is 0 Å². The molecule has 1 aliphatic heterocycles. The minimum absolute atomic E-state index is 0.238. The maximum Gasteiger partial charge on any atom is 0.0540 e. The van der Waals surface area contributed by atoms with Crippen LogP contribution in [0.25, 0.3) is 0 Å². The summed E-state index contributed by atoms with van der Waals surface area (Å²) >= 11 is 0. The first-order valence-corrected chi connectivity index (χ1v) is 7.76. The molecular weight excluding hydrogens is 230 g/mol. The highest BCUT2D eigenvalue weighted by Crippen LogP contribution is 2.26. The highest BCUT2D eigenvalue weighted by Gasteiger charge is 2.30. The Hall–Kier alpha value is -0.670. The van der Waals surface area contributed by atoms with Gasteiger partial charge in [-0.05, 0) is 24.4 Å². The molecule has 1 aromatic rings. The van der Waals surface area contributed by atoms with E-state index in [1.54, 1.807) is 0 Å². The van der Waals surface area contributed by atoms with Crippen molar-refractivity contribution in [1.82, 2.24) is 5.32 Å². The van der Waals surface area contributed by atoms with Gasteiger partial charge in [0.1, 0.15) is 0 Å². The smallest absolute Gasteiger partial charge is 0.0540 e. The largest absolute Gasteiger partial charge is 0.309 e. The molecular formula is C14H21NOS. The molecule has 94 valence electrons. The second-order valence-corrected chi connectivity index (χ2v) is 6.60. The monoisotopic (exact) mass is 251 g/mol. The van der Waals surface area contributed by atoms with Crippen LogP contribution in [0.1, 0.15) is 31.9 Å². The molecule has 2 rings (SSSR count). The molecule has 0 aromatic heterocycles. The molecule has 1 N–H and O–H groups in total. The molecule has 1 heterocycles. The Kier molecular flexibility index (Phi) is 4.35. The molecule has 1 saturated heterocycles. The second-order valence-electron chi connectivity index (χ2n) is 4.90. The van der Waals surface area contributed by atoms with Gasteiger partial charge in [0.15, 0.2) is 0 Å². The van der Waals surface area contributed by atoms with Crippen molar-refractivity contribution in [2.45, 2.75) is 31.6 Å². The van der Waals surface area contributed by atoms with E-state index >= 15 is 0 Å². The van der Waals surface area contributed by atoms with Crippen LogP contribution >= 0.6 is 0 Å². The summed E-state index contributed by atoms with van der Waals surface area (Å²) in [5.41, 5.74) is 1.27. The second kappa shape index (κ2) is 5.78. The number of hydrogen-bond acceptors (Lipinski definition) is 2. The summed E-state index contributed by atoms with van der Waals surface area (Å²) < 4.78 is 12.3. The minimum atomic E-state index is -0.719. The topological polar surface area (TPSA) is 29.1 Å². The molecule has 4 atom stereocenters. The molecule has 0 radical (unpaired) electrons. The lowest BCUT2D eigenvalue weighted by molar-refractivity contribution is 0.474. The van der Waals surface area contributed by atoms with Crippen molar-refractivity contribution < 1.29 is 4.21 Å². The van der Waals surface area contributed by atoms with E-state index in [2.05, 4.69) is 43.4 Å². The van der Waals surface area contributed by atoms with Crippen LogP contribution in [0.2, 0.25) is 0 Å². The molecule has 0 saturated carbocycles. The molecule has 0 aliphatic carbocycles. The Bertz CT molecular complexity index is 379. The van der Waals surface area contributed by atoms with Crippen molar-refractivity contribution in [3.63, 3.8) is 0 Å². The fourth-order valence-corrected chi connectivity index (χ4v) is 4.34. The SMILES string of the molecule is CCC1C(c2ccccc2)NCC(C)CS1=O. The summed E-state index contributed by atoms with van der Waals surface area (Å²) in [6, 6.07) is 10.6. The van der Waals surface area contributed by atoms with Gasteiger partial charge in [-0.3, -0.25) is 4.21 Å². The fourth-order valence-electron chi connectivity index (χ4n) is 2.49. The highest BCUT2D eigenvalue weighted by atomic mass is 32.2. The molecule has 0 amide bonds. The molecule has 17 heavy (non-hydrogen) atoms. The average Bonchev–Trinajstić information content (AvgIpc) is 2.48. The lowest BCUT2D eigenvalue weighted by Gasteiger charge is -2.24. The third-order valence-electron chi connectivity index (χ3n) is 3.41. The lowest BCUT2D eigenvalue weighted by Crippen LogP contribution is -2.32. The Morgan fingerprint density at radius 3 is 2.71 bits per heavy atom. The zero-order valence-corrected chi connectivity index (χ0v) is 11.4. The zero-order valence-electron chi connectivity index (χ0n) is 10.6.